The smallest absolute Gasteiger partial charge is 0.0618 e. The lowest BCUT2D eigenvalue weighted by Gasteiger charge is -2.21. The van der Waals surface area contributed by atoms with Crippen molar-refractivity contribution in [2.45, 2.75) is 26.4 Å². The van der Waals surface area contributed by atoms with Crippen molar-refractivity contribution in [2.75, 3.05) is 13.7 Å². The van der Waals surface area contributed by atoms with Gasteiger partial charge in [-0.15, -0.1) is 0 Å². The van der Waals surface area contributed by atoms with Gasteiger partial charge in [-0.1, -0.05) is 19.9 Å². The van der Waals surface area contributed by atoms with E-state index in [1.165, 1.54) is 5.56 Å². The molecule has 1 aromatic carbocycles. The Morgan fingerprint density at radius 3 is 2.47 bits per heavy atom. The van der Waals surface area contributed by atoms with Gasteiger partial charge in [0, 0.05) is 28.6 Å². The molecule has 0 fully saturated rings. The van der Waals surface area contributed by atoms with Gasteiger partial charge in [0.2, 0.25) is 0 Å². The van der Waals surface area contributed by atoms with Crippen molar-refractivity contribution >= 4 is 31.9 Å². The minimum absolute atomic E-state index is 0.391. The van der Waals surface area contributed by atoms with Crippen LogP contribution in [0.3, 0.4) is 0 Å². The molecule has 0 aliphatic carbocycles. The monoisotopic (exact) mass is 363 g/mol. The highest BCUT2D eigenvalue weighted by atomic mass is 79.9. The Hall–Kier alpha value is 0.1000. The van der Waals surface area contributed by atoms with Crippen LogP contribution in [0.5, 0.6) is 0 Å². The summed E-state index contributed by atoms with van der Waals surface area (Å²) in [5.41, 5.74) is 1.27. The molecule has 0 saturated heterocycles. The summed E-state index contributed by atoms with van der Waals surface area (Å²) in [6, 6.07) is 6.69. The SMILES string of the molecule is COCC(NCc1ccc(Br)c(Br)c1)C(C)C. The first-order chi connectivity index (χ1) is 8.04. The van der Waals surface area contributed by atoms with Gasteiger partial charge in [-0.05, 0) is 55.5 Å². The summed E-state index contributed by atoms with van der Waals surface area (Å²) in [6.07, 6.45) is 0. The first-order valence-corrected chi connectivity index (χ1v) is 7.29. The number of rotatable bonds is 6. The zero-order valence-corrected chi connectivity index (χ0v) is 13.6. The average molecular weight is 365 g/mol. The van der Waals surface area contributed by atoms with E-state index in [4.69, 9.17) is 4.74 Å². The molecule has 0 aliphatic heterocycles. The van der Waals surface area contributed by atoms with Crippen LogP contribution in [0.1, 0.15) is 19.4 Å². The van der Waals surface area contributed by atoms with Crippen molar-refractivity contribution < 1.29 is 4.74 Å². The van der Waals surface area contributed by atoms with E-state index in [1.807, 2.05) is 0 Å². The second-order valence-corrected chi connectivity index (χ2v) is 6.14. The molecule has 0 spiro atoms. The first-order valence-electron chi connectivity index (χ1n) is 5.70. The highest BCUT2D eigenvalue weighted by molar-refractivity contribution is 9.13. The molecule has 1 aromatic rings. The third-order valence-electron chi connectivity index (χ3n) is 2.70. The zero-order valence-electron chi connectivity index (χ0n) is 10.5. The highest BCUT2D eigenvalue weighted by Crippen LogP contribution is 2.23. The van der Waals surface area contributed by atoms with E-state index in [0.29, 0.717) is 12.0 Å². The van der Waals surface area contributed by atoms with Gasteiger partial charge in [0.05, 0.1) is 6.61 Å². The molecule has 1 rings (SSSR count). The fourth-order valence-electron chi connectivity index (χ4n) is 1.57. The van der Waals surface area contributed by atoms with Crippen molar-refractivity contribution in [1.82, 2.24) is 5.32 Å². The number of methoxy groups -OCH3 is 1. The summed E-state index contributed by atoms with van der Waals surface area (Å²) in [4.78, 5) is 0. The van der Waals surface area contributed by atoms with E-state index >= 15 is 0 Å². The molecule has 17 heavy (non-hydrogen) atoms. The largest absolute Gasteiger partial charge is 0.383 e. The van der Waals surface area contributed by atoms with Crippen LogP contribution in [0.15, 0.2) is 27.1 Å². The Kier molecular flexibility index (Phi) is 6.70. The highest BCUT2D eigenvalue weighted by Gasteiger charge is 2.12. The average Bonchev–Trinajstić information content (AvgIpc) is 2.28. The van der Waals surface area contributed by atoms with E-state index in [9.17, 15) is 0 Å². The third kappa shape index (κ3) is 5.08. The maximum Gasteiger partial charge on any atom is 0.0618 e. The van der Waals surface area contributed by atoms with Gasteiger partial charge in [0.1, 0.15) is 0 Å². The molecule has 0 aliphatic rings. The van der Waals surface area contributed by atoms with Crippen LogP contribution < -0.4 is 5.32 Å². The molecule has 96 valence electrons. The summed E-state index contributed by atoms with van der Waals surface area (Å²) >= 11 is 6.98. The van der Waals surface area contributed by atoms with E-state index in [-0.39, 0.29) is 0 Å². The molecule has 0 heterocycles. The summed E-state index contributed by atoms with van der Waals surface area (Å²) in [5, 5.41) is 3.52. The normalized spacial score (nSPS) is 13.1. The second kappa shape index (κ2) is 7.52. The molecule has 0 bridgehead atoms. The Morgan fingerprint density at radius 1 is 1.24 bits per heavy atom. The Balaban J connectivity index is 2.56. The van der Waals surface area contributed by atoms with E-state index in [2.05, 4.69) is 69.2 Å². The molecule has 0 saturated carbocycles. The molecule has 1 N–H and O–H groups in total. The van der Waals surface area contributed by atoms with Crippen molar-refractivity contribution in [2.24, 2.45) is 5.92 Å². The molecule has 4 heteroatoms. The molecule has 0 radical (unpaired) electrons. The van der Waals surface area contributed by atoms with Gasteiger partial charge in [-0.25, -0.2) is 0 Å². The lowest BCUT2D eigenvalue weighted by molar-refractivity contribution is 0.146. The standard InChI is InChI=1S/C13H19Br2NO/c1-9(2)13(8-17-3)16-7-10-4-5-11(14)12(15)6-10/h4-6,9,13,16H,7-8H2,1-3H3. The zero-order chi connectivity index (χ0) is 12.8. The minimum Gasteiger partial charge on any atom is -0.383 e. The van der Waals surface area contributed by atoms with E-state index in [0.717, 1.165) is 22.1 Å². The predicted molar refractivity (Wildman–Crippen MR) is 79.2 cm³/mol. The Morgan fingerprint density at radius 2 is 1.94 bits per heavy atom. The Bertz CT molecular complexity index is 355. The van der Waals surface area contributed by atoms with E-state index in [1.54, 1.807) is 7.11 Å². The van der Waals surface area contributed by atoms with Crippen LogP contribution >= 0.6 is 31.9 Å². The lowest BCUT2D eigenvalue weighted by atomic mass is 10.1. The summed E-state index contributed by atoms with van der Waals surface area (Å²) < 4.78 is 7.39. The number of nitrogens with one attached hydrogen (secondary N) is 1. The van der Waals surface area contributed by atoms with Gasteiger partial charge in [0.15, 0.2) is 0 Å². The molecular formula is C13H19Br2NO. The quantitative estimate of drug-likeness (QED) is 0.824. The number of hydrogen-bond acceptors (Lipinski definition) is 2. The second-order valence-electron chi connectivity index (χ2n) is 4.44. The van der Waals surface area contributed by atoms with Crippen molar-refractivity contribution in [3.05, 3.63) is 32.7 Å². The molecule has 1 atom stereocenters. The molecule has 1 unspecified atom stereocenters. The van der Waals surface area contributed by atoms with Gasteiger partial charge in [0.25, 0.3) is 0 Å². The van der Waals surface area contributed by atoms with Gasteiger partial charge < -0.3 is 10.1 Å². The minimum atomic E-state index is 0.391. The molecular weight excluding hydrogens is 346 g/mol. The fourth-order valence-corrected chi connectivity index (χ4v) is 2.24. The van der Waals surface area contributed by atoms with Crippen molar-refractivity contribution in [1.29, 1.82) is 0 Å². The maximum absolute atomic E-state index is 5.22. The first kappa shape index (κ1) is 15.2. The van der Waals surface area contributed by atoms with Gasteiger partial charge >= 0.3 is 0 Å². The molecule has 0 aromatic heterocycles. The van der Waals surface area contributed by atoms with Crippen molar-refractivity contribution in [3.63, 3.8) is 0 Å². The molecule has 2 nitrogen and oxygen atoms in total. The summed E-state index contributed by atoms with van der Waals surface area (Å²) in [6.45, 7) is 6.01. The maximum atomic E-state index is 5.22. The summed E-state index contributed by atoms with van der Waals surface area (Å²) in [7, 11) is 1.74. The van der Waals surface area contributed by atoms with Crippen LogP contribution in [0, 0.1) is 5.92 Å². The van der Waals surface area contributed by atoms with E-state index < -0.39 is 0 Å². The van der Waals surface area contributed by atoms with Gasteiger partial charge in [-0.3, -0.25) is 0 Å². The number of benzene rings is 1. The van der Waals surface area contributed by atoms with Crippen LogP contribution in [-0.2, 0) is 11.3 Å². The Labute approximate surface area is 120 Å². The van der Waals surface area contributed by atoms with Crippen molar-refractivity contribution in [3.8, 4) is 0 Å². The van der Waals surface area contributed by atoms with Gasteiger partial charge in [-0.2, -0.15) is 0 Å². The third-order valence-corrected chi connectivity index (χ3v) is 4.58. The van der Waals surface area contributed by atoms with Crippen LogP contribution in [0.2, 0.25) is 0 Å². The topological polar surface area (TPSA) is 21.3 Å². The lowest BCUT2D eigenvalue weighted by Crippen LogP contribution is -2.37. The van der Waals surface area contributed by atoms with Crippen LogP contribution in [0.25, 0.3) is 0 Å². The number of halogens is 2. The molecule has 0 amide bonds. The predicted octanol–water partition coefficient (Wildman–Crippen LogP) is 3.97. The van der Waals surface area contributed by atoms with Crippen LogP contribution in [-0.4, -0.2) is 19.8 Å². The summed E-state index contributed by atoms with van der Waals surface area (Å²) in [5.74, 6) is 0.564. The number of hydrogen-bond donors (Lipinski definition) is 1. The fraction of sp³-hybridized carbons (Fsp3) is 0.538. The van der Waals surface area contributed by atoms with Crippen LogP contribution in [0.4, 0.5) is 0 Å². The number of ether oxygens (including phenoxy) is 1.